The normalized spacial score (nSPS) is 17.1. The molecule has 19 heavy (non-hydrogen) atoms. The van der Waals surface area contributed by atoms with E-state index in [0.29, 0.717) is 0 Å². The lowest BCUT2D eigenvalue weighted by molar-refractivity contribution is 0.226. The third-order valence-corrected chi connectivity index (χ3v) is 4.01. The van der Waals surface area contributed by atoms with E-state index >= 15 is 0 Å². The summed E-state index contributed by atoms with van der Waals surface area (Å²) in [6.07, 6.45) is 6.37. The average Bonchev–Trinajstić information content (AvgIpc) is 2.83. The van der Waals surface area contributed by atoms with Crippen molar-refractivity contribution in [3.05, 3.63) is 23.9 Å². The number of rotatable bonds is 4. The molecule has 3 N–H and O–H groups in total. The minimum Gasteiger partial charge on any atom is -0.399 e. The molecule has 4 heteroatoms. The highest BCUT2D eigenvalue weighted by Gasteiger charge is 2.10. The molecule has 1 aliphatic heterocycles. The Morgan fingerprint density at radius 1 is 1.21 bits per heavy atom. The molecule has 1 aromatic carbocycles. The lowest BCUT2D eigenvalue weighted by Gasteiger charge is -2.26. The van der Waals surface area contributed by atoms with Gasteiger partial charge in [-0.05, 0) is 63.5 Å². The van der Waals surface area contributed by atoms with Crippen LogP contribution in [0, 0.1) is 0 Å². The zero-order valence-electron chi connectivity index (χ0n) is 11.4. The third kappa shape index (κ3) is 2.89. The SMILES string of the molecule is Nc1ccc2n[nH]c(CCCN3CCCCC3)c2c1. The van der Waals surface area contributed by atoms with Gasteiger partial charge < -0.3 is 10.6 Å². The van der Waals surface area contributed by atoms with Crippen molar-refractivity contribution in [2.45, 2.75) is 32.1 Å². The standard InChI is InChI=1S/C15H22N4/c16-12-6-7-15-13(11-12)14(17-18-15)5-4-10-19-8-2-1-3-9-19/h6-7,11H,1-5,8-10,16H2,(H,17,18). The summed E-state index contributed by atoms with van der Waals surface area (Å²) in [6, 6.07) is 5.91. The molecule has 0 saturated carbocycles. The van der Waals surface area contributed by atoms with E-state index in [4.69, 9.17) is 5.73 Å². The fourth-order valence-corrected chi connectivity index (χ4v) is 2.93. The quantitative estimate of drug-likeness (QED) is 0.829. The van der Waals surface area contributed by atoms with Crippen molar-refractivity contribution in [1.82, 2.24) is 15.1 Å². The van der Waals surface area contributed by atoms with Crippen molar-refractivity contribution < 1.29 is 0 Å². The molecule has 0 bridgehead atoms. The second-order valence-corrected chi connectivity index (χ2v) is 5.48. The topological polar surface area (TPSA) is 57.9 Å². The number of piperidine rings is 1. The van der Waals surface area contributed by atoms with E-state index in [0.717, 1.165) is 17.6 Å². The fourth-order valence-electron chi connectivity index (χ4n) is 2.93. The highest BCUT2D eigenvalue weighted by molar-refractivity contribution is 5.84. The Bertz CT molecular complexity index is 540. The molecular weight excluding hydrogens is 236 g/mol. The molecular formula is C15H22N4. The number of nitrogens with zero attached hydrogens (tertiary/aromatic N) is 2. The third-order valence-electron chi connectivity index (χ3n) is 4.01. The van der Waals surface area contributed by atoms with Gasteiger partial charge in [0, 0.05) is 16.8 Å². The van der Waals surface area contributed by atoms with E-state index < -0.39 is 0 Å². The van der Waals surface area contributed by atoms with Crippen LogP contribution >= 0.6 is 0 Å². The highest BCUT2D eigenvalue weighted by Crippen LogP contribution is 2.20. The molecule has 0 unspecified atom stereocenters. The summed E-state index contributed by atoms with van der Waals surface area (Å²) in [6.45, 7) is 3.75. The molecule has 1 aliphatic rings. The van der Waals surface area contributed by atoms with Crippen LogP contribution in [0.4, 0.5) is 5.69 Å². The largest absolute Gasteiger partial charge is 0.399 e. The molecule has 2 heterocycles. The van der Waals surface area contributed by atoms with Gasteiger partial charge in [0.25, 0.3) is 0 Å². The summed E-state index contributed by atoms with van der Waals surface area (Å²) >= 11 is 0. The number of aromatic nitrogens is 2. The van der Waals surface area contributed by atoms with Crippen LogP contribution in [0.25, 0.3) is 10.9 Å². The van der Waals surface area contributed by atoms with E-state index in [1.165, 1.54) is 56.4 Å². The number of benzene rings is 1. The Morgan fingerprint density at radius 3 is 2.89 bits per heavy atom. The van der Waals surface area contributed by atoms with Gasteiger partial charge in [-0.2, -0.15) is 5.10 Å². The number of fused-ring (bicyclic) bond motifs is 1. The summed E-state index contributed by atoms with van der Waals surface area (Å²) in [7, 11) is 0. The van der Waals surface area contributed by atoms with Crippen LogP contribution in [0.15, 0.2) is 18.2 Å². The number of aromatic amines is 1. The number of likely N-dealkylation sites (tertiary alicyclic amines) is 1. The van der Waals surface area contributed by atoms with Crippen molar-refractivity contribution in [3.63, 3.8) is 0 Å². The van der Waals surface area contributed by atoms with E-state index in [-0.39, 0.29) is 0 Å². The molecule has 0 atom stereocenters. The van der Waals surface area contributed by atoms with Crippen molar-refractivity contribution in [2.75, 3.05) is 25.4 Å². The van der Waals surface area contributed by atoms with E-state index in [1.54, 1.807) is 0 Å². The zero-order chi connectivity index (χ0) is 13.1. The lowest BCUT2D eigenvalue weighted by atomic mass is 10.1. The van der Waals surface area contributed by atoms with Crippen LogP contribution in [0.3, 0.4) is 0 Å². The lowest BCUT2D eigenvalue weighted by Crippen LogP contribution is -2.30. The van der Waals surface area contributed by atoms with E-state index in [2.05, 4.69) is 15.1 Å². The first-order valence-corrected chi connectivity index (χ1v) is 7.28. The van der Waals surface area contributed by atoms with E-state index in [9.17, 15) is 0 Å². The Balaban J connectivity index is 1.60. The van der Waals surface area contributed by atoms with Crippen molar-refractivity contribution in [2.24, 2.45) is 0 Å². The minimum absolute atomic E-state index is 0.811. The Kier molecular flexibility index (Phi) is 3.69. The Hall–Kier alpha value is -1.55. The summed E-state index contributed by atoms with van der Waals surface area (Å²) in [5.74, 6) is 0. The molecule has 102 valence electrons. The van der Waals surface area contributed by atoms with Crippen LogP contribution in [0.1, 0.15) is 31.4 Å². The molecule has 0 aliphatic carbocycles. The van der Waals surface area contributed by atoms with Gasteiger partial charge in [0.1, 0.15) is 0 Å². The molecule has 0 spiro atoms. The van der Waals surface area contributed by atoms with Crippen molar-refractivity contribution in [3.8, 4) is 0 Å². The van der Waals surface area contributed by atoms with Crippen LogP contribution in [-0.2, 0) is 6.42 Å². The molecule has 2 aromatic rings. The van der Waals surface area contributed by atoms with Gasteiger partial charge in [0.2, 0.25) is 0 Å². The molecule has 1 fully saturated rings. The van der Waals surface area contributed by atoms with Crippen molar-refractivity contribution >= 4 is 16.6 Å². The minimum atomic E-state index is 0.811. The van der Waals surface area contributed by atoms with Crippen LogP contribution in [-0.4, -0.2) is 34.7 Å². The number of aryl methyl sites for hydroxylation is 1. The summed E-state index contributed by atoms with van der Waals surface area (Å²) < 4.78 is 0. The number of hydrogen-bond acceptors (Lipinski definition) is 3. The summed E-state index contributed by atoms with van der Waals surface area (Å²) in [4.78, 5) is 2.58. The summed E-state index contributed by atoms with van der Waals surface area (Å²) in [5.41, 5.74) is 8.90. The number of anilines is 1. The first-order chi connectivity index (χ1) is 9.33. The van der Waals surface area contributed by atoms with Gasteiger partial charge in [0.15, 0.2) is 0 Å². The maximum Gasteiger partial charge on any atom is 0.0925 e. The Labute approximate surface area is 114 Å². The Morgan fingerprint density at radius 2 is 2.05 bits per heavy atom. The molecule has 0 amide bonds. The zero-order valence-corrected chi connectivity index (χ0v) is 11.4. The second kappa shape index (κ2) is 5.61. The van der Waals surface area contributed by atoms with Gasteiger partial charge >= 0.3 is 0 Å². The number of H-pyrrole nitrogens is 1. The molecule has 4 nitrogen and oxygen atoms in total. The average molecular weight is 258 g/mol. The van der Waals surface area contributed by atoms with Gasteiger partial charge in [-0.25, -0.2) is 0 Å². The second-order valence-electron chi connectivity index (χ2n) is 5.48. The van der Waals surface area contributed by atoms with Gasteiger partial charge in [-0.1, -0.05) is 6.42 Å². The first-order valence-electron chi connectivity index (χ1n) is 7.28. The van der Waals surface area contributed by atoms with Gasteiger partial charge in [-0.3, -0.25) is 5.10 Å². The predicted molar refractivity (Wildman–Crippen MR) is 79.1 cm³/mol. The predicted octanol–water partition coefficient (Wildman–Crippen LogP) is 2.56. The maximum atomic E-state index is 5.85. The molecule has 3 rings (SSSR count). The molecule has 1 saturated heterocycles. The number of nitrogens with one attached hydrogen (secondary N) is 1. The smallest absolute Gasteiger partial charge is 0.0925 e. The number of hydrogen-bond donors (Lipinski definition) is 2. The van der Waals surface area contributed by atoms with Gasteiger partial charge in [-0.15, -0.1) is 0 Å². The van der Waals surface area contributed by atoms with Crippen LogP contribution in [0.2, 0.25) is 0 Å². The van der Waals surface area contributed by atoms with Crippen molar-refractivity contribution in [1.29, 1.82) is 0 Å². The van der Waals surface area contributed by atoms with Gasteiger partial charge in [0.05, 0.1) is 5.52 Å². The van der Waals surface area contributed by atoms with Crippen LogP contribution < -0.4 is 5.73 Å². The van der Waals surface area contributed by atoms with Crippen LogP contribution in [0.5, 0.6) is 0 Å². The fraction of sp³-hybridized carbons (Fsp3) is 0.533. The van der Waals surface area contributed by atoms with E-state index in [1.807, 2.05) is 18.2 Å². The summed E-state index contributed by atoms with van der Waals surface area (Å²) in [5, 5.41) is 8.66. The highest BCUT2D eigenvalue weighted by atomic mass is 15.1. The first kappa shape index (κ1) is 12.5. The number of nitrogen functional groups attached to an aromatic ring is 1. The maximum absolute atomic E-state index is 5.85. The number of nitrogens with two attached hydrogens (primary N) is 1. The monoisotopic (exact) mass is 258 g/mol. The molecule has 1 aromatic heterocycles. The molecule has 0 radical (unpaired) electrons.